The van der Waals surface area contributed by atoms with Crippen LogP contribution in [0, 0.1) is 0 Å². The van der Waals surface area contributed by atoms with Crippen molar-refractivity contribution in [2.24, 2.45) is 11.5 Å². The Kier molecular flexibility index (Phi) is 2.13. The van der Waals surface area contributed by atoms with Crippen molar-refractivity contribution in [3.63, 3.8) is 0 Å². The lowest BCUT2D eigenvalue weighted by Crippen LogP contribution is -2.58. The average Bonchev–Trinajstić information content (AvgIpc) is 1.83. The Morgan fingerprint density at radius 1 is 1.42 bits per heavy atom. The quantitative estimate of drug-likeness (QED) is 0.521. The molecule has 0 saturated carbocycles. The van der Waals surface area contributed by atoms with Crippen LogP contribution in [-0.4, -0.2) is 31.4 Å². The molecule has 12 heavy (non-hydrogen) atoms. The number of nitrogens with two attached hydrogens (primary N) is 2. The molecule has 1 atom stereocenters. The molecule has 0 aromatic heterocycles. The van der Waals surface area contributed by atoms with E-state index in [4.69, 9.17) is 11.5 Å². The zero-order chi connectivity index (χ0) is 9.41. The monoisotopic (exact) mass is 192 g/mol. The minimum absolute atomic E-state index is 0.110. The zero-order valence-corrected chi connectivity index (χ0v) is 7.43. The average molecular weight is 192 g/mol. The standard InChI is InChI=1S/C6H12N2O3S/c7-5(9)6(8)2-1-3-12(10,11)4-6/h1-4,8H2,(H2,7,9). The lowest BCUT2D eigenvalue weighted by molar-refractivity contribution is -0.122. The third-order valence-electron chi connectivity index (χ3n) is 2.05. The Morgan fingerprint density at radius 2 is 2.00 bits per heavy atom. The summed E-state index contributed by atoms with van der Waals surface area (Å²) < 4.78 is 22.2. The number of carbonyl (C=O) groups excluding carboxylic acids is 1. The molecule has 1 rings (SSSR count). The Bertz CT molecular complexity index is 298. The molecule has 1 aliphatic heterocycles. The summed E-state index contributed by atoms with van der Waals surface area (Å²) >= 11 is 0. The summed E-state index contributed by atoms with van der Waals surface area (Å²) in [5.41, 5.74) is 9.18. The summed E-state index contributed by atoms with van der Waals surface area (Å²) in [6, 6.07) is 0. The predicted octanol–water partition coefficient (Wildman–Crippen LogP) is -1.62. The number of primary amides is 1. The van der Waals surface area contributed by atoms with Gasteiger partial charge in [-0.05, 0) is 12.8 Å². The van der Waals surface area contributed by atoms with Crippen LogP contribution < -0.4 is 11.5 Å². The van der Waals surface area contributed by atoms with E-state index >= 15 is 0 Å². The lowest BCUT2D eigenvalue weighted by atomic mass is 9.96. The van der Waals surface area contributed by atoms with Crippen LogP contribution >= 0.6 is 0 Å². The van der Waals surface area contributed by atoms with E-state index in [1.54, 1.807) is 0 Å². The van der Waals surface area contributed by atoms with E-state index < -0.39 is 21.3 Å². The molecule has 1 fully saturated rings. The molecule has 1 unspecified atom stereocenters. The molecule has 0 spiro atoms. The van der Waals surface area contributed by atoms with Crippen LogP contribution in [0.1, 0.15) is 12.8 Å². The van der Waals surface area contributed by atoms with E-state index in [9.17, 15) is 13.2 Å². The first kappa shape index (κ1) is 9.47. The summed E-state index contributed by atoms with van der Waals surface area (Å²) in [4.78, 5) is 10.8. The van der Waals surface area contributed by atoms with Crippen LogP contribution in [-0.2, 0) is 14.6 Å². The second kappa shape index (κ2) is 2.70. The highest BCUT2D eigenvalue weighted by atomic mass is 32.2. The molecule has 0 bridgehead atoms. The van der Waals surface area contributed by atoms with Gasteiger partial charge in [0.25, 0.3) is 0 Å². The van der Waals surface area contributed by atoms with E-state index in [1.807, 2.05) is 0 Å². The fourth-order valence-electron chi connectivity index (χ4n) is 1.34. The zero-order valence-electron chi connectivity index (χ0n) is 6.62. The van der Waals surface area contributed by atoms with E-state index in [2.05, 4.69) is 0 Å². The number of hydrogen-bond donors (Lipinski definition) is 2. The van der Waals surface area contributed by atoms with Gasteiger partial charge in [-0.25, -0.2) is 8.42 Å². The smallest absolute Gasteiger partial charge is 0.238 e. The molecular weight excluding hydrogens is 180 g/mol. The third kappa shape index (κ3) is 1.75. The number of carbonyl (C=O) groups is 1. The fraction of sp³-hybridized carbons (Fsp3) is 0.833. The first-order chi connectivity index (χ1) is 5.36. The van der Waals surface area contributed by atoms with Gasteiger partial charge in [0, 0.05) is 0 Å². The van der Waals surface area contributed by atoms with Crippen LogP contribution in [0.5, 0.6) is 0 Å². The van der Waals surface area contributed by atoms with Gasteiger partial charge in [0.1, 0.15) is 5.54 Å². The Labute approximate surface area is 71.0 Å². The van der Waals surface area contributed by atoms with Crippen molar-refractivity contribution in [3.8, 4) is 0 Å². The largest absolute Gasteiger partial charge is 0.368 e. The topological polar surface area (TPSA) is 103 Å². The highest BCUT2D eigenvalue weighted by Crippen LogP contribution is 2.19. The summed E-state index contributed by atoms with van der Waals surface area (Å²) in [6.07, 6.45) is 0.781. The number of hydrogen-bond acceptors (Lipinski definition) is 4. The van der Waals surface area contributed by atoms with Gasteiger partial charge in [0.15, 0.2) is 9.84 Å². The molecule has 0 aromatic rings. The molecule has 1 aliphatic rings. The maximum Gasteiger partial charge on any atom is 0.238 e. The normalized spacial score (nSPS) is 34.4. The Hall–Kier alpha value is -0.620. The molecule has 70 valence electrons. The van der Waals surface area contributed by atoms with Gasteiger partial charge in [0.2, 0.25) is 5.91 Å². The van der Waals surface area contributed by atoms with Gasteiger partial charge in [-0.15, -0.1) is 0 Å². The molecule has 6 heteroatoms. The van der Waals surface area contributed by atoms with Crippen LogP contribution in [0.3, 0.4) is 0 Å². The van der Waals surface area contributed by atoms with E-state index in [-0.39, 0.29) is 11.5 Å². The summed E-state index contributed by atoms with van der Waals surface area (Å²) in [6.45, 7) is 0. The first-order valence-corrected chi connectivity index (χ1v) is 5.47. The van der Waals surface area contributed by atoms with E-state index in [1.165, 1.54) is 0 Å². The van der Waals surface area contributed by atoms with Crippen molar-refractivity contribution in [1.82, 2.24) is 0 Å². The molecule has 0 aromatic carbocycles. The molecule has 1 saturated heterocycles. The van der Waals surface area contributed by atoms with Gasteiger partial charge < -0.3 is 11.5 Å². The van der Waals surface area contributed by atoms with Gasteiger partial charge in [0.05, 0.1) is 11.5 Å². The second-order valence-corrected chi connectivity index (χ2v) is 5.40. The van der Waals surface area contributed by atoms with Gasteiger partial charge >= 0.3 is 0 Å². The number of sulfone groups is 1. The Morgan fingerprint density at radius 3 is 2.33 bits per heavy atom. The number of amides is 1. The molecule has 0 radical (unpaired) electrons. The van der Waals surface area contributed by atoms with Crippen molar-refractivity contribution in [2.75, 3.05) is 11.5 Å². The fourth-order valence-corrected chi connectivity index (χ4v) is 3.14. The maximum atomic E-state index is 11.1. The van der Waals surface area contributed by atoms with Crippen LogP contribution in [0.15, 0.2) is 0 Å². The van der Waals surface area contributed by atoms with Crippen molar-refractivity contribution in [2.45, 2.75) is 18.4 Å². The second-order valence-electron chi connectivity index (χ2n) is 3.22. The molecular formula is C6H12N2O3S. The molecule has 0 aliphatic carbocycles. The van der Waals surface area contributed by atoms with Gasteiger partial charge in [-0.3, -0.25) is 4.79 Å². The molecule has 5 nitrogen and oxygen atoms in total. The highest BCUT2D eigenvalue weighted by Gasteiger charge is 2.40. The predicted molar refractivity (Wildman–Crippen MR) is 44.0 cm³/mol. The van der Waals surface area contributed by atoms with E-state index in [0.29, 0.717) is 12.8 Å². The summed E-state index contributed by atoms with van der Waals surface area (Å²) in [5, 5.41) is 0. The van der Waals surface area contributed by atoms with Crippen molar-refractivity contribution >= 4 is 15.7 Å². The minimum atomic E-state index is -3.16. The summed E-state index contributed by atoms with van der Waals surface area (Å²) in [7, 11) is -3.16. The first-order valence-electron chi connectivity index (χ1n) is 3.65. The van der Waals surface area contributed by atoms with E-state index in [0.717, 1.165) is 0 Å². The lowest BCUT2D eigenvalue weighted by Gasteiger charge is -2.29. The van der Waals surface area contributed by atoms with Gasteiger partial charge in [-0.2, -0.15) is 0 Å². The van der Waals surface area contributed by atoms with Crippen LogP contribution in [0.25, 0.3) is 0 Å². The maximum absolute atomic E-state index is 11.1. The molecule has 1 amide bonds. The summed E-state index contributed by atoms with van der Waals surface area (Å²) in [5.74, 6) is -0.931. The van der Waals surface area contributed by atoms with Crippen molar-refractivity contribution in [3.05, 3.63) is 0 Å². The van der Waals surface area contributed by atoms with Gasteiger partial charge in [-0.1, -0.05) is 0 Å². The van der Waals surface area contributed by atoms with Crippen LogP contribution in [0.4, 0.5) is 0 Å². The molecule has 1 heterocycles. The SMILES string of the molecule is NC(=O)C1(N)CCCS(=O)(=O)C1. The third-order valence-corrected chi connectivity index (χ3v) is 3.91. The highest BCUT2D eigenvalue weighted by molar-refractivity contribution is 7.91. The van der Waals surface area contributed by atoms with Crippen molar-refractivity contribution in [1.29, 1.82) is 0 Å². The Balaban J connectivity index is 2.89. The van der Waals surface area contributed by atoms with Crippen molar-refractivity contribution < 1.29 is 13.2 Å². The van der Waals surface area contributed by atoms with Crippen LogP contribution in [0.2, 0.25) is 0 Å². The molecule has 4 N–H and O–H groups in total. The number of rotatable bonds is 1. The minimum Gasteiger partial charge on any atom is -0.368 e.